The summed E-state index contributed by atoms with van der Waals surface area (Å²) in [6.07, 6.45) is 5.31. The Kier molecular flexibility index (Phi) is 5.38. The molecule has 2 unspecified atom stereocenters. The molecule has 3 aliphatic rings. The number of carbonyl (C=O) groups excluding carboxylic acids is 1. The summed E-state index contributed by atoms with van der Waals surface area (Å²) in [5.41, 5.74) is 3.81. The lowest BCUT2D eigenvalue weighted by molar-refractivity contribution is 0.0343. The maximum absolute atomic E-state index is 13.1. The normalized spacial score (nSPS) is 26.2. The second-order valence-corrected chi connectivity index (χ2v) is 9.94. The number of fused-ring (bicyclic) bond motifs is 3. The minimum Gasteiger partial charge on any atom is -0.336 e. The molecule has 3 fully saturated rings. The molecule has 7 nitrogen and oxygen atoms in total. The van der Waals surface area contributed by atoms with Crippen LogP contribution in [0.3, 0.4) is 0 Å². The topological polar surface area (TPSA) is 57.5 Å². The van der Waals surface area contributed by atoms with Crippen molar-refractivity contribution < 1.29 is 4.79 Å². The molecule has 0 aliphatic carbocycles. The maximum atomic E-state index is 13.1. The quantitative estimate of drug-likeness (QED) is 0.619. The number of benzene rings is 2. The zero-order valence-corrected chi connectivity index (χ0v) is 19.3. The van der Waals surface area contributed by atoms with E-state index in [-0.39, 0.29) is 5.91 Å². The molecule has 3 aromatic rings. The Morgan fingerprint density at radius 3 is 2.33 bits per heavy atom. The molecule has 172 valence electrons. The molecule has 0 spiro atoms. The lowest BCUT2D eigenvalue weighted by Gasteiger charge is -2.45. The number of piperidine rings is 1. The van der Waals surface area contributed by atoms with Crippen LogP contribution >= 0.6 is 0 Å². The van der Waals surface area contributed by atoms with Crippen molar-refractivity contribution in [3.05, 3.63) is 59.7 Å². The second kappa shape index (κ2) is 8.54. The SMILES string of the molecule is CN1C2CCC1CC(N1CCN(C(=O)c3ccc(Cn4nnc5ccccc54)cc3)CC1)C2. The molecule has 3 aliphatic heterocycles. The minimum atomic E-state index is 0.149. The molecule has 33 heavy (non-hydrogen) atoms. The first-order chi connectivity index (χ1) is 16.2. The molecule has 6 rings (SSSR count). The van der Waals surface area contributed by atoms with Gasteiger partial charge in [-0.05, 0) is 62.6 Å². The van der Waals surface area contributed by atoms with Gasteiger partial charge in [0.2, 0.25) is 0 Å². The third-order valence-electron chi connectivity index (χ3n) is 8.14. The van der Waals surface area contributed by atoms with Crippen molar-refractivity contribution in [1.82, 2.24) is 29.7 Å². The van der Waals surface area contributed by atoms with Crippen molar-refractivity contribution in [2.45, 2.75) is 50.4 Å². The van der Waals surface area contributed by atoms with Crippen molar-refractivity contribution in [3.63, 3.8) is 0 Å². The van der Waals surface area contributed by atoms with E-state index in [9.17, 15) is 4.79 Å². The standard InChI is InChI=1S/C26H32N6O/c1-29-21-10-11-22(29)17-23(16-21)30-12-14-31(15-13-30)26(33)20-8-6-19(7-9-20)18-32-25-5-3-2-4-24(25)27-28-32/h2-9,21-23H,10-18H2,1H3. The molecule has 1 amide bonds. The molecule has 1 aromatic heterocycles. The lowest BCUT2D eigenvalue weighted by Crippen LogP contribution is -2.55. The van der Waals surface area contributed by atoms with Gasteiger partial charge in [0.15, 0.2) is 0 Å². The van der Waals surface area contributed by atoms with E-state index in [2.05, 4.69) is 27.2 Å². The van der Waals surface area contributed by atoms with E-state index in [0.29, 0.717) is 12.6 Å². The summed E-state index contributed by atoms with van der Waals surface area (Å²) in [5, 5.41) is 8.49. The first-order valence-electron chi connectivity index (χ1n) is 12.3. The van der Waals surface area contributed by atoms with Gasteiger partial charge in [0, 0.05) is 49.9 Å². The number of aromatic nitrogens is 3. The van der Waals surface area contributed by atoms with Gasteiger partial charge in [0.1, 0.15) is 5.52 Å². The predicted octanol–water partition coefficient (Wildman–Crippen LogP) is 2.86. The monoisotopic (exact) mass is 444 g/mol. The molecule has 2 aromatic carbocycles. The van der Waals surface area contributed by atoms with Gasteiger partial charge >= 0.3 is 0 Å². The molecule has 2 atom stereocenters. The van der Waals surface area contributed by atoms with E-state index in [0.717, 1.165) is 60.4 Å². The molecule has 2 bridgehead atoms. The number of nitrogens with zero attached hydrogens (tertiary/aromatic N) is 6. The van der Waals surface area contributed by atoms with Crippen LogP contribution < -0.4 is 0 Å². The van der Waals surface area contributed by atoms with Crippen molar-refractivity contribution in [1.29, 1.82) is 0 Å². The largest absolute Gasteiger partial charge is 0.336 e. The average Bonchev–Trinajstić information content (AvgIpc) is 3.33. The summed E-state index contributed by atoms with van der Waals surface area (Å²) in [6, 6.07) is 18.2. The van der Waals surface area contributed by atoms with E-state index in [1.807, 2.05) is 58.1 Å². The Morgan fingerprint density at radius 2 is 1.61 bits per heavy atom. The van der Waals surface area contributed by atoms with E-state index >= 15 is 0 Å². The first kappa shape index (κ1) is 20.8. The highest BCUT2D eigenvalue weighted by atomic mass is 16.2. The van der Waals surface area contributed by atoms with E-state index in [1.165, 1.54) is 25.7 Å². The van der Waals surface area contributed by atoms with Crippen molar-refractivity contribution >= 4 is 16.9 Å². The van der Waals surface area contributed by atoms with Gasteiger partial charge in [-0.1, -0.05) is 29.5 Å². The zero-order chi connectivity index (χ0) is 22.4. The fourth-order valence-corrected chi connectivity index (χ4v) is 6.11. The van der Waals surface area contributed by atoms with E-state index < -0.39 is 0 Å². The summed E-state index contributed by atoms with van der Waals surface area (Å²) in [6.45, 7) is 4.29. The van der Waals surface area contributed by atoms with Gasteiger partial charge < -0.3 is 9.80 Å². The number of piperazine rings is 1. The number of para-hydroxylation sites is 1. The first-order valence-corrected chi connectivity index (χ1v) is 12.3. The highest BCUT2D eigenvalue weighted by molar-refractivity contribution is 5.94. The third kappa shape index (κ3) is 3.93. The van der Waals surface area contributed by atoms with Crippen LogP contribution in [-0.2, 0) is 6.54 Å². The van der Waals surface area contributed by atoms with Gasteiger partial charge in [-0.25, -0.2) is 4.68 Å². The fraction of sp³-hybridized carbons (Fsp3) is 0.500. The number of hydrogen-bond acceptors (Lipinski definition) is 5. The Hall–Kier alpha value is -2.77. The van der Waals surface area contributed by atoms with Crippen LogP contribution in [-0.4, -0.2) is 87.0 Å². The molecule has 0 radical (unpaired) electrons. The Balaban J connectivity index is 1.06. The molecule has 0 saturated carbocycles. The minimum absolute atomic E-state index is 0.149. The van der Waals surface area contributed by atoms with Crippen LogP contribution in [0.5, 0.6) is 0 Å². The lowest BCUT2D eigenvalue weighted by atomic mass is 9.96. The molecule has 3 saturated heterocycles. The highest BCUT2D eigenvalue weighted by Gasteiger charge is 2.41. The Labute approximate surface area is 194 Å². The van der Waals surface area contributed by atoms with Gasteiger partial charge in [0.25, 0.3) is 5.91 Å². The average molecular weight is 445 g/mol. The van der Waals surface area contributed by atoms with Gasteiger partial charge in [-0.2, -0.15) is 0 Å². The number of carbonyl (C=O) groups is 1. The smallest absolute Gasteiger partial charge is 0.253 e. The maximum Gasteiger partial charge on any atom is 0.253 e. The summed E-state index contributed by atoms with van der Waals surface area (Å²) in [4.78, 5) is 20.4. The number of amides is 1. The van der Waals surface area contributed by atoms with Crippen LogP contribution in [0.25, 0.3) is 11.0 Å². The second-order valence-electron chi connectivity index (χ2n) is 9.94. The Bertz CT molecular complexity index is 1120. The van der Waals surface area contributed by atoms with Gasteiger partial charge in [-0.15, -0.1) is 5.10 Å². The molecule has 4 heterocycles. The molecular weight excluding hydrogens is 412 g/mol. The number of rotatable bonds is 4. The van der Waals surface area contributed by atoms with Crippen LogP contribution in [0.1, 0.15) is 41.6 Å². The Morgan fingerprint density at radius 1 is 0.909 bits per heavy atom. The predicted molar refractivity (Wildman–Crippen MR) is 128 cm³/mol. The van der Waals surface area contributed by atoms with Crippen LogP contribution in [0.15, 0.2) is 48.5 Å². The summed E-state index contributed by atoms with van der Waals surface area (Å²) in [7, 11) is 2.30. The van der Waals surface area contributed by atoms with Crippen molar-refractivity contribution in [2.75, 3.05) is 33.2 Å². The van der Waals surface area contributed by atoms with Crippen molar-refractivity contribution in [3.8, 4) is 0 Å². The van der Waals surface area contributed by atoms with Crippen LogP contribution in [0.2, 0.25) is 0 Å². The number of hydrogen-bond donors (Lipinski definition) is 0. The fourth-order valence-electron chi connectivity index (χ4n) is 6.11. The van der Waals surface area contributed by atoms with Gasteiger partial charge in [0.05, 0.1) is 12.1 Å². The third-order valence-corrected chi connectivity index (χ3v) is 8.14. The summed E-state index contributed by atoms with van der Waals surface area (Å²) in [5.74, 6) is 0.149. The van der Waals surface area contributed by atoms with E-state index in [1.54, 1.807) is 0 Å². The van der Waals surface area contributed by atoms with Crippen LogP contribution in [0, 0.1) is 0 Å². The highest BCUT2D eigenvalue weighted by Crippen LogP contribution is 2.36. The molecular formula is C26H32N6O. The zero-order valence-electron chi connectivity index (χ0n) is 19.3. The van der Waals surface area contributed by atoms with Crippen LogP contribution in [0.4, 0.5) is 0 Å². The van der Waals surface area contributed by atoms with Gasteiger partial charge in [-0.3, -0.25) is 9.69 Å². The summed E-state index contributed by atoms with van der Waals surface area (Å²) >= 11 is 0. The van der Waals surface area contributed by atoms with Crippen molar-refractivity contribution in [2.24, 2.45) is 0 Å². The molecule has 7 heteroatoms. The molecule has 0 N–H and O–H groups in total. The summed E-state index contributed by atoms with van der Waals surface area (Å²) < 4.78 is 1.90. The van der Waals surface area contributed by atoms with E-state index in [4.69, 9.17) is 0 Å².